The van der Waals surface area contributed by atoms with E-state index in [0.717, 1.165) is 19.4 Å². The summed E-state index contributed by atoms with van der Waals surface area (Å²) >= 11 is 0. The highest BCUT2D eigenvalue weighted by Crippen LogP contribution is 2.29. The molecule has 0 saturated carbocycles. The standard InChI is InChI=1S/C20H35N3O3/c1-7-21-20(23-15(4)9-8-14(2)3)22-13-18(24)17-12-16(25-5)10-11-19(17)26-6/h10-12,14-15,18,24H,7-9,13H2,1-6H3,(H2,21,22,23). The molecule has 6 nitrogen and oxygen atoms in total. The summed E-state index contributed by atoms with van der Waals surface area (Å²) in [5, 5.41) is 17.2. The van der Waals surface area contributed by atoms with Gasteiger partial charge in [0.05, 0.1) is 20.8 Å². The lowest BCUT2D eigenvalue weighted by Gasteiger charge is -2.19. The summed E-state index contributed by atoms with van der Waals surface area (Å²) in [5.41, 5.74) is 0.666. The zero-order valence-electron chi connectivity index (χ0n) is 17.0. The van der Waals surface area contributed by atoms with Gasteiger partial charge in [0.15, 0.2) is 5.96 Å². The summed E-state index contributed by atoms with van der Waals surface area (Å²) in [5.74, 6) is 2.69. The number of hydrogen-bond acceptors (Lipinski definition) is 4. The molecule has 0 saturated heterocycles. The molecule has 0 heterocycles. The SMILES string of the molecule is CCNC(=NCC(O)c1cc(OC)ccc1OC)NC(C)CCC(C)C. The minimum Gasteiger partial charge on any atom is -0.497 e. The Bertz CT molecular complexity index is 561. The van der Waals surface area contributed by atoms with E-state index >= 15 is 0 Å². The van der Waals surface area contributed by atoms with Gasteiger partial charge in [-0.15, -0.1) is 0 Å². The fourth-order valence-corrected chi connectivity index (χ4v) is 2.58. The van der Waals surface area contributed by atoms with Crippen LogP contribution < -0.4 is 20.1 Å². The number of aliphatic hydroxyl groups excluding tert-OH is 1. The van der Waals surface area contributed by atoms with Crippen LogP contribution in [0.1, 0.15) is 52.2 Å². The molecule has 0 aliphatic rings. The van der Waals surface area contributed by atoms with Crippen molar-refractivity contribution < 1.29 is 14.6 Å². The van der Waals surface area contributed by atoms with Crippen LogP contribution >= 0.6 is 0 Å². The quantitative estimate of drug-likeness (QED) is 0.439. The number of aliphatic hydroxyl groups is 1. The maximum Gasteiger partial charge on any atom is 0.191 e. The van der Waals surface area contributed by atoms with Gasteiger partial charge in [0.25, 0.3) is 0 Å². The van der Waals surface area contributed by atoms with Crippen molar-refractivity contribution in [2.45, 2.75) is 52.7 Å². The monoisotopic (exact) mass is 365 g/mol. The molecule has 1 aromatic rings. The third kappa shape index (κ3) is 7.52. The number of aliphatic imine (C=N–C) groups is 1. The molecule has 0 aliphatic carbocycles. The summed E-state index contributed by atoms with van der Waals surface area (Å²) in [7, 11) is 3.19. The third-order valence-corrected chi connectivity index (χ3v) is 4.12. The van der Waals surface area contributed by atoms with E-state index in [2.05, 4.69) is 36.4 Å². The maximum atomic E-state index is 10.6. The molecular weight excluding hydrogens is 330 g/mol. The first-order chi connectivity index (χ1) is 12.4. The van der Waals surface area contributed by atoms with Gasteiger partial charge in [0.2, 0.25) is 0 Å². The summed E-state index contributed by atoms with van der Waals surface area (Å²) < 4.78 is 10.6. The van der Waals surface area contributed by atoms with Crippen LogP contribution in [-0.4, -0.2) is 44.4 Å². The molecule has 1 aromatic carbocycles. The molecule has 3 N–H and O–H groups in total. The van der Waals surface area contributed by atoms with Gasteiger partial charge in [-0.3, -0.25) is 4.99 Å². The molecule has 0 spiro atoms. The summed E-state index contributed by atoms with van der Waals surface area (Å²) in [4.78, 5) is 4.54. The average molecular weight is 366 g/mol. The van der Waals surface area contributed by atoms with Gasteiger partial charge in [0.1, 0.15) is 17.6 Å². The molecule has 2 unspecified atom stereocenters. The Morgan fingerprint density at radius 2 is 1.88 bits per heavy atom. The van der Waals surface area contributed by atoms with E-state index in [1.54, 1.807) is 32.4 Å². The Labute approximate surface area is 158 Å². The van der Waals surface area contributed by atoms with E-state index < -0.39 is 6.10 Å². The number of hydrogen-bond donors (Lipinski definition) is 3. The number of benzene rings is 1. The Balaban J connectivity index is 2.79. The normalized spacial score (nSPS) is 14.1. The maximum absolute atomic E-state index is 10.6. The van der Waals surface area contributed by atoms with Gasteiger partial charge in [-0.1, -0.05) is 13.8 Å². The van der Waals surface area contributed by atoms with Crippen molar-refractivity contribution in [3.8, 4) is 11.5 Å². The van der Waals surface area contributed by atoms with Crippen LogP contribution in [0.25, 0.3) is 0 Å². The second-order valence-electron chi connectivity index (χ2n) is 6.86. The molecule has 1 rings (SSSR count). The molecule has 0 radical (unpaired) electrons. The lowest BCUT2D eigenvalue weighted by molar-refractivity contribution is 0.182. The number of nitrogens with zero attached hydrogens (tertiary/aromatic N) is 1. The van der Waals surface area contributed by atoms with Crippen molar-refractivity contribution in [3.05, 3.63) is 23.8 Å². The minimum absolute atomic E-state index is 0.232. The van der Waals surface area contributed by atoms with Crippen molar-refractivity contribution in [2.75, 3.05) is 27.3 Å². The van der Waals surface area contributed by atoms with E-state index in [9.17, 15) is 5.11 Å². The number of rotatable bonds is 10. The highest BCUT2D eigenvalue weighted by Gasteiger charge is 2.15. The summed E-state index contributed by atoms with van der Waals surface area (Å²) in [6, 6.07) is 5.70. The van der Waals surface area contributed by atoms with Crippen LogP contribution in [0, 0.1) is 5.92 Å². The van der Waals surface area contributed by atoms with Gasteiger partial charge >= 0.3 is 0 Å². The first-order valence-corrected chi connectivity index (χ1v) is 9.36. The van der Waals surface area contributed by atoms with Gasteiger partial charge in [0, 0.05) is 18.2 Å². The predicted molar refractivity (Wildman–Crippen MR) is 107 cm³/mol. The molecule has 2 atom stereocenters. The van der Waals surface area contributed by atoms with Gasteiger partial charge in [-0.05, 0) is 50.8 Å². The van der Waals surface area contributed by atoms with E-state index in [1.165, 1.54) is 0 Å². The van der Waals surface area contributed by atoms with Gasteiger partial charge in [-0.25, -0.2) is 0 Å². The first kappa shape index (κ1) is 22.1. The first-order valence-electron chi connectivity index (χ1n) is 9.36. The van der Waals surface area contributed by atoms with Gasteiger partial charge < -0.3 is 25.2 Å². The highest BCUT2D eigenvalue weighted by molar-refractivity contribution is 5.80. The molecule has 0 fully saturated rings. The Kier molecular flexibility index (Phi) is 9.88. The lowest BCUT2D eigenvalue weighted by atomic mass is 10.0. The summed E-state index contributed by atoms with van der Waals surface area (Å²) in [6.45, 7) is 9.62. The van der Waals surface area contributed by atoms with E-state index in [1.807, 2.05) is 6.92 Å². The van der Waals surface area contributed by atoms with Crippen LogP contribution in [0.5, 0.6) is 11.5 Å². The van der Waals surface area contributed by atoms with Crippen LogP contribution in [0.2, 0.25) is 0 Å². The molecule has 0 aliphatic heterocycles. The zero-order valence-corrected chi connectivity index (χ0v) is 17.0. The third-order valence-electron chi connectivity index (χ3n) is 4.12. The van der Waals surface area contributed by atoms with Crippen LogP contribution in [-0.2, 0) is 0 Å². The number of methoxy groups -OCH3 is 2. The van der Waals surface area contributed by atoms with Crippen LogP contribution in [0.3, 0.4) is 0 Å². The largest absolute Gasteiger partial charge is 0.497 e. The van der Waals surface area contributed by atoms with Crippen LogP contribution in [0.4, 0.5) is 0 Å². The smallest absolute Gasteiger partial charge is 0.191 e. The topological polar surface area (TPSA) is 75.1 Å². The van der Waals surface area contributed by atoms with Crippen molar-refractivity contribution in [2.24, 2.45) is 10.9 Å². The second kappa shape index (κ2) is 11.6. The fourth-order valence-electron chi connectivity index (χ4n) is 2.58. The van der Waals surface area contributed by atoms with Crippen molar-refractivity contribution >= 4 is 5.96 Å². The molecule has 148 valence electrons. The van der Waals surface area contributed by atoms with Crippen molar-refractivity contribution in [3.63, 3.8) is 0 Å². The minimum atomic E-state index is -0.776. The van der Waals surface area contributed by atoms with E-state index in [-0.39, 0.29) is 6.54 Å². The Morgan fingerprint density at radius 1 is 1.15 bits per heavy atom. The fraction of sp³-hybridized carbons (Fsp3) is 0.650. The van der Waals surface area contributed by atoms with E-state index in [0.29, 0.717) is 35.0 Å². The van der Waals surface area contributed by atoms with Crippen molar-refractivity contribution in [1.82, 2.24) is 10.6 Å². The molecular formula is C20H35N3O3. The second-order valence-corrected chi connectivity index (χ2v) is 6.86. The van der Waals surface area contributed by atoms with Crippen molar-refractivity contribution in [1.29, 1.82) is 0 Å². The van der Waals surface area contributed by atoms with Crippen LogP contribution in [0.15, 0.2) is 23.2 Å². The van der Waals surface area contributed by atoms with E-state index in [4.69, 9.17) is 9.47 Å². The molecule has 0 aromatic heterocycles. The number of nitrogens with one attached hydrogen (secondary N) is 2. The predicted octanol–water partition coefficient (Wildman–Crippen LogP) is 3.12. The highest BCUT2D eigenvalue weighted by atomic mass is 16.5. The number of guanidine groups is 1. The molecule has 0 bridgehead atoms. The number of ether oxygens (including phenoxy) is 2. The molecule has 0 amide bonds. The zero-order chi connectivity index (χ0) is 19.5. The molecule has 6 heteroatoms. The average Bonchev–Trinajstić information content (AvgIpc) is 2.63. The van der Waals surface area contributed by atoms with Gasteiger partial charge in [-0.2, -0.15) is 0 Å². The Hall–Kier alpha value is -1.95. The summed E-state index contributed by atoms with van der Waals surface area (Å²) in [6.07, 6.45) is 1.47. The molecule has 26 heavy (non-hydrogen) atoms. The lowest BCUT2D eigenvalue weighted by Crippen LogP contribution is -2.42. The Morgan fingerprint density at radius 3 is 2.46 bits per heavy atom.